The van der Waals surface area contributed by atoms with E-state index in [4.69, 9.17) is 11.5 Å². The van der Waals surface area contributed by atoms with Crippen LogP contribution in [-0.4, -0.2) is 71.5 Å². The third-order valence-corrected chi connectivity index (χ3v) is 6.34. The van der Waals surface area contributed by atoms with Crippen LogP contribution in [0.1, 0.15) is 45.1 Å². The van der Waals surface area contributed by atoms with E-state index in [0.717, 1.165) is 5.56 Å². The Morgan fingerprint density at radius 3 is 2.11 bits per heavy atom. The number of rotatable bonds is 17. The minimum atomic E-state index is -1.16. The number of hydrogen-bond donors (Lipinski definition) is 6. The molecule has 3 amide bonds. The first-order valence-corrected chi connectivity index (χ1v) is 13.6. The number of carbonyl (C=O) groups excluding carboxylic acids is 3. The smallest absolute Gasteiger partial charge is 0.326 e. The van der Waals surface area contributed by atoms with Crippen LogP contribution in [0.2, 0.25) is 0 Å². The maximum Gasteiger partial charge on any atom is 0.326 e. The number of unbranched alkanes of at least 4 members (excludes halogenated alkanes) is 1. The van der Waals surface area contributed by atoms with E-state index in [9.17, 15) is 24.3 Å². The highest BCUT2D eigenvalue weighted by atomic mass is 32.2. The molecule has 0 bridgehead atoms. The molecule has 202 valence electrons. The number of nitrogens with one attached hydrogen (secondary N) is 3. The molecular formula is C25H41N5O5S. The highest BCUT2D eigenvalue weighted by Crippen LogP contribution is 2.09. The summed E-state index contributed by atoms with van der Waals surface area (Å²) in [6, 6.07) is 5.28. The van der Waals surface area contributed by atoms with Crippen LogP contribution in [0.3, 0.4) is 0 Å². The van der Waals surface area contributed by atoms with Crippen molar-refractivity contribution >= 4 is 35.5 Å². The Balaban J connectivity index is 3.03. The van der Waals surface area contributed by atoms with Gasteiger partial charge >= 0.3 is 5.97 Å². The summed E-state index contributed by atoms with van der Waals surface area (Å²) >= 11 is 1.57. The fourth-order valence-corrected chi connectivity index (χ4v) is 4.00. The number of carboxylic acids is 1. The first kappa shape index (κ1) is 31.4. The van der Waals surface area contributed by atoms with Crippen LogP contribution in [0, 0.1) is 5.92 Å². The van der Waals surface area contributed by atoms with E-state index >= 15 is 0 Å². The molecule has 0 fully saturated rings. The molecule has 8 N–H and O–H groups in total. The molecule has 0 aliphatic rings. The van der Waals surface area contributed by atoms with Crippen molar-refractivity contribution in [3.05, 3.63) is 35.9 Å². The van der Waals surface area contributed by atoms with Crippen LogP contribution in [0.15, 0.2) is 30.3 Å². The standard InChI is InChI=1S/C25H41N5O5S/c1-16(2)21(30-22(31)18(27)12-14-36-3)24(33)29-20(15-17-9-5-4-6-10-17)23(32)28-19(25(34)35)11-7-8-13-26/h4-6,9-10,16,18-21H,7-8,11-15,26-27H2,1-3H3,(H,28,32)(H,29,33)(H,30,31)(H,34,35). The minimum Gasteiger partial charge on any atom is -0.480 e. The van der Waals surface area contributed by atoms with Gasteiger partial charge in [-0.25, -0.2) is 4.79 Å². The Bertz CT molecular complexity index is 839. The fourth-order valence-electron chi connectivity index (χ4n) is 3.51. The summed E-state index contributed by atoms with van der Waals surface area (Å²) in [5, 5.41) is 17.5. The lowest BCUT2D eigenvalue weighted by Gasteiger charge is -2.27. The predicted octanol–water partition coefficient (Wildman–Crippen LogP) is 0.634. The third-order valence-electron chi connectivity index (χ3n) is 5.69. The highest BCUT2D eigenvalue weighted by Gasteiger charge is 2.31. The zero-order chi connectivity index (χ0) is 27.1. The van der Waals surface area contributed by atoms with Gasteiger partial charge in [-0.1, -0.05) is 44.2 Å². The normalized spacial score (nSPS) is 14.4. The van der Waals surface area contributed by atoms with Gasteiger partial charge < -0.3 is 32.5 Å². The van der Waals surface area contributed by atoms with Gasteiger partial charge in [-0.2, -0.15) is 11.8 Å². The van der Waals surface area contributed by atoms with Crippen LogP contribution >= 0.6 is 11.8 Å². The predicted molar refractivity (Wildman–Crippen MR) is 142 cm³/mol. The van der Waals surface area contributed by atoms with Gasteiger partial charge in [0.1, 0.15) is 18.1 Å². The molecule has 0 saturated heterocycles. The third kappa shape index (κ3) is 11.4. The molecule has 1 aromatic rings. The van der Waals surface area contributed by atoms with Gasteiger partial charge in [0.25, 0.3) is 0 Å². The molecule has 0 heterocycles. The van der Waals surface area contributed by atoms with Crippen LogP contribution in [0.4, 0.5) is 0 Å². The van der Waals surface area contributed by atoms with Crippen molar-refractivity contribution in [1.82, 2.24) is 16.0 Å². The summed E-state index contributed by atoms with van der Waals surface area (Å²) in [4.78, 5) is 50.6. The van der Waals surface area contributed by atoms with Crippen LogP contribution < -0.4 is 27.4 Å². The number of carboxylic acid groups (broad SMARTS) is 1. The zero-order valence-corrected chi connectivity index (χ0v) is 22.2. The van der Waals surface area contributed by atoms with Gasteiger partial charge in [0.15, 0.2) is 0 Å². The van der Waals surface area contributed by atoms with Gasteiger partial charge in [-0.15, -0.1) is 0 Å². The molecule has 10 nitrogen and oxygen atoms in total. The summed E-state index contributed by atoms with van der Waals surface area (Å²) < 4.78 is 0. The van der Waals surface area contributed by atoms with Crippen LogP contribution in [-0.2, 0) is 25.6 Å². The molecule has 0 saturated carbocycles. The maximum atomic E-state index is 13.2. The Hall–Kier alpha value is -2.63. The molecule has 0 radical (unpaired) electrons. The second-order valence-corrected chi connectivity index (χ2v) is 10.0. The summed E-state index contributed by atoms with van der Waals surface area (Å²) in [7, 11) is 0. The molecule has 1 rings (SSSR count). The van der Waals surface area contributed by atoms with E-state index < -0.39 is 47.9 Å². The van der Waals surface area contributed by atoms with E-state index in [2.05, 4.69) is 16.0 Å². The summed E-state index contributed by atoms with van der Waals surface area (Å²) in [5.74, 6) is -2.31. The Morgan fingerprint density at radius 1 is 0.917 bits per heavy atom. The second kappa shape index (κ2) is 16.9. The number of nitrogens with two attached hydrogens (primary N) is 2. The minimum absolute atomic E-state index is 0.152. The second-order valence-electron chi connectivity index (χ2n) is 9.05. The lowest BCUT2D eigenvalue weighted by molar-refractivity contribution is -0.142. The summed E-state index contributed by atoms with van der Waals surface area (Å²) in [5.41, 5.74) is 12.2. The molecule has 0 spiro atoms. The van der Waals surface area contributed by atoms with Gasteiger partial charge in [0, 0.05) is 6.42 Å². The molecule has 4 atom stereocenters. The molecule has 1 aromatic carbocycles. The molecule has 0 aliphatic heterocycles. The number of aliphatic carboxylic acids is 1. The van der Waals surface area contributed by atoms with Crippen molar-refractivity contribution in [2.24, 2.45) is 17.4 Å². The zero-order valence-electron chi connectivity index (χ0n) is 21.4. The van der Waals surface area contributed by atoms with Crippen molar-refractivity contribution < 1.29 is 24.3 Å². The van der Waals surface area contributed by atoms with Crippen molar-refractivity contribution in [1.29, 1.82) is 0 Å². The number of hydrogen-bond acceptors (Lipinski definition) is 7. The topological polar surface area (TPSA) is 177 Å². The molecule has 4 unspecified atom stereocenters. The molecule has 36 heavy (non-hydrogen) atoms. The average molecular weight is 524 g/mol. The molecule has 11 heteroatoms. The van der Waals surface area contributed by atoms with E-state index in [-0.39, 0.29) is 18.8 Å². The van der Waals surface area contributed by atoms with Crippen molar-refractivity contribution in [3.8, 4) is 0 Å². The lowest BCUT2D eigenvalue weighted by Crippen LogP contribution is -2.58. The summed E-state index contributed by atoms with van der Waals surface area (Å²) in [6.45, 7) is 3.99. The maximum absolute atomic E-state index is 13.2. The van der Waals surface area contributed by atoms with E-state index in [1.54, 1.807) is 25.6 Å². The number of thioether (sulfide) groups is 1. The van der Waals surface area contributed by atoms with E-state index in [0.29, 0.717) is 31.6 Å². The molecular weight excluding hydrogens is 482 g/mol. The van der Waals surface area contributed by atoms with Gasteiger partial charge in [0.05, 0.1) is 6.04 Å². The van der Waals surface area contributed by atoms with E-state index in [1.165, 1.54) is 0 Å². The largest absolute Gasteiger partial charge is 0.480 e. The van der Waals surface area contributed by atoms with Crippen molar-refractivity contribution in [3.63, 3.8) is 0 Å². The quantitative estimate of drug-likeness (QED) is 0.161. The Kier molecular flexibility index (Phi) is 14.8. The summed E-state index contributed by atoms with van der Waals surface area (Å²) in [6.07, 6.45) is 3.95. The average Bonchev–Trinajstić information content (AvgIpc) is 2.84. The highest BCUT2D eigenvalue weighted by molar-refractivity contribution is 7.98. The fraction of sp³-hybridized carbons (Fsp3) is 0.600. The monoisotopic (exact) mass is 523 g/mol. The molecule has 0 aliphatic carbocycles. The van der Waals surface area contributed by atoms with Crippen LogP contribution in [0.5, 0.6) is 0 Å². The van der Waals surface area contributed by atoms with Gasteiger partial charge in [-0.05, 0) is 55.7 Å². The SMILES string of the molecule is CSCCC(N)C(=O)NC(C(=O)NC(Cc1ccccc1)C(=O)NC(CCCCN)C(=O)O)C(C)C. The number of carbonyl (C=O) groups is 4. The molecule has 0 aromatic heterocycles. The first-order valence-electron chi connectivity index (χ1n) is 12.2. The lowest BCUT2D eigenvalue weighted by atomic mass is 10.00. The number of amides is 3. The van der Waals surface area contributed by atoms with Gasteiger partial charge in [-0.3, -0.25) is 14.4 Å². The Labute approximate surface area is 217 Å². The first-order chi connectivity index (χ1) is 17.1. The van der Waals surface area contributed by atoms with Crippen molar-refractivity contribution in [2.45, 2.75) is 70.1 Å². The number of benzene rings is 1. The van der Waals surface area contributed by atoms with Crippen molar-refractivity contribution in [2.75, 3.05) is 18.6 Å². The van der Waals surface area contributed by atoms with Gasteiger partial charge in [0.2, 0.25) is 17.7 Å². The Morgan fingerprint density at radius 2 is 1.56 bits per heavy atom. The van der Waals surface area contributed by atoms with E-state index in [1.807, 2.05) is 36.6 Å². The van der Waals surface area contributed by atoms with Crippen LogP contribution in [0.25, 0.3) is 0 Å².